The van der Waals surface area contributed by atoms with E-state index in [4.69, 9.17) is 34.8 Å². The van der Waals surface area contributed by atoms with Crippen molar-refractivity contribution in [2.45, 2.75) is 4.90 Å². The summed E-state index contributed by atoms with van der Waals surface area (Å²) in [7, 11) is -1.16. The lowest BCUT2D eigenvalue weighted by atomic mass is 10.4. The molecule has 0 aliphatic carbocycles. The van der Waals surface area contributed by atoms with E-state index in [-0.39, 0.29) is 0 Å². The van der Waals surface area contributed by atoms with Gasteiger partial charge in [-0.3, -0.25) is 4.21 Å². The van der Waals surface area contributed by atoms with Crippen molar-refractivity contribution in [1.82, 2.24) is 0 Å². The van der Waals surface area contributed by atoms with Crippen LogP contribution in [-0.4, -0.2) is 10.5 Å². The highest BCUT2D eigenvalue weighted by Crippen LogP contribution is 2.31. The quantitative estimate of drug-likeness (QED) is 0.691. The summed E-state index contributed by atoms with van der Waals surface area (Å²) >= 11 is 17.2. The number of halogens is 3. The minimum absolute atomic E-state index is 0.307. The Labute approximate surface area is 88.1 Å². The lowest BCUT2D eigenvalue weighted by molar-refractivity contribution is 0.687. The van der Waals surface area contributed by atoms with Crippen molar-refractivity contribution >= 4 is 45.6 Å². The third-order valence-electron chi connectivity index (χ3n) is 1.27. The Balaban J connectivity index is 3.37. The van der Waals surface area contributed by atoms with Gasteiger partial charge in [-0.2, -0.15) is 0 Å². The number of hydrogen-bond acceptors (Lipinski definition) is 1. The van der Waals surface area contributed by atoms with Crippen LogP contribution in [0, 0.1) is 0 Å². The van der Waals surface area contributed by atoms with Gasteiger partial charge in [-0.1, -0.05) is 34.8 Å². The highest BCUT2D eigenvalue weighted by molar-refractivity contribution is 7.84. The molecule has 0 aliphatic heterocycles. The van der Waals surface area contributed by atoms with Crippen LogP contribution >= 0.6 is 34.8 Å². The largest absolute Gasteiger partial charge is 0.255 e. The van der Waals surface area contributed by atoms with Crippen LogP contribution in [0.5, 0.6) is 0 Å². The standard InChI is InChI=1S/C7H5Cl3OS/c1-12(11)6-3-4(8)2-5(9)7(6)10/h2-3H,1H3. The van der Waals surface area contributed by atoms with E-state index in [0.29, 0.717) is 20.0 Å². The van der Waals surface area contributed by atoms with Crippen LogP contribution in [-0.2, 0) is 10.8 Å². The van der Waals surface area contributed by atoms with Gasteiger partial charge in [0.15, 0.2) is 0 Å². The average Bonchev–Trinajstić information content (AvgIpc) is 1.96. The molecular formula is C7H5Cl3OS. The van der Waals surface area contributed by atoms with E-state index in [1.165, 1.54) is 12.3 Å². The van der Waals surface area contributed by atoms with Crippen molar-refractivity contribution in [3.05, 3.63) is 27.2 Å². The predicted octanol–water partition coefficient (Wildman–Crippen LogP) is 3.38. The first-order valence-corrected chi connectivity index (χ1v) is 5.69. The molecule has 0 N–H and O–H groups in total. The molecule has 1 unspecified atom stereocenters. The Hall–Kier alpha value is 0.240. The van der Waals surface area contributed by atoms with Gasteiger partial charge in [0.05, 0.1) is 25.7 Å². The van der Waals surface area contributed by atoms with E-state index in [2.05, 4.69) is 0 Å². The second-order valence-electron chi connectivity index (χ2n) is 2.15. The van der Waals surface area contributed by atoms with E-state index < -0.39 is 10.8 Å². The summed E-state index contributed by atoms with van der Waals surface area (Å²) in [5.41, 5.74) is 0. The molecule has 1 rings (SSSR count). The topological polar surface area (TPSA) is 17.1 Å². The SMILES string of the molecule is CS(=O)c1cc(Cl)cc(Cl)c1Cl. The monoisotopic (exact) mass is 242 g/mol. The lowest BCUT2D eigenvalue weighted by Crippen LogP contribution is -1.89. The average molecular weight is 244 g/mol. The molecule has 5 heteroatoms. The molecule has 0 aromatic heterocycles. The fraction of sp³-hybridized carbons (Fsp3) is 0.143. The van der Waals surface area contributed by atoms with Crippen molar-refractivity contribution in [2.75, 3.05) is 6.26 Å². The third kappa shape index (κ3) is 2.13. The van der Waals surface area contributed by atoms with Crippen molar-refractivity contribution in [3.8, 4) is 0 Å². The molecule has 1 aromatic carbocycles. The minimum Gasteiger partial charge on any atom is -0.255 e. The second kappa shape index (κ2) is 3.97. The summed E-state index contributed by atoms with van der Waals surface area (Å²) < 4.78 is 11.1. The summed E-state index contributed by atoms with van der Waals surface area (Å²) in [6.45, 7) is 0. The van der Waals surface area contributed by atoms with Gasteiger partial charge in [0.25, 0.3) is 0 Å². The predicted molar refractivity (Wildman–Crippen MR) is 53.8 cm³/mol. The first kappa shape index (κ1) is 10.3. The summed E-state index contributed by atoms with van der Waals surface area (Å²) in [6, 6.07) is 3.06. The van der Waals surface area contributed by atoms with Crippen LogP contribution in [0.15, 0.2) is 17.0 Å². The molecule has 0 radical (unpaired) electrons. The van der Waals surface area contributed by atoms with Gasteiger partial charge in [0.1, 0.15) is 0 Å². The maximum atomic E-state index is 11.1. The molecule has 1 nitrogen and oxygen atoms in total. The zero-order chi connectivity index (χ0) is 9.30. The van der Waals surface area contributed by atoms with Gasteiger partial charge in [-0.05, 0) is 12.1 Å². The van der Waals surface area contributed by atoms with E-state index in [1.54, 1.807) is 6.07 Å². The number of hydrogen-bond donors (Lipinski definition) is 0. The Bertz CT molecular complexity index is 338. The van der Waals surface area contributed by atoms with Gasteiger partial charge < -0.3 is 0 Å². The first-order valence-electron chi connectivity index (χ1n) is 3.00. The fourth-order valence-electron chi connectivity index (χ4n) is 0.742. The zero-order valence-corrected chi connectivity index (χ0v) is 9.19. The Morgan fingerprint density at radius 3 is 2.33 bits per heavy atom. The molecule has 66 valence electrons. The summed E-state index contributed by atoms with van der Waals surface area (Å²) in [4.78, 5) is 0.467. The molecule has 1 aromatic rings. The van der Waals surface area contributed by atoms with E-state index in [1.807, 2.05) is 0 Å². The van der Waals surface area contributed by atoms with Gasteiger partial charge in [-0.15, -0.1) is 0 Å². The van der Waals surface area contributed by atoms with Gasteiger partial charge in [0, 0.05) is 11.3 Å². The van der Waals surface area contributed by atoms with Crippen LogP contribution in [0.25, 0.3) is 0 Å². The zero-order valence-electron chi connectivity index (χ0n) is 6.11. The maximum Gasteiger partial charge on any atom is 0.0754 e. The molecule has 0 saturated heterocycles. The summed E-state index contributed by atoms with van der Waals surface area (Å²) in [5.74, 6) is 0. The molecule has 0 bridgehead atoms. The van der Waals surface area contributed by atoms with Crippen molar-refractivity contribution in [2.24, 2.45) is 0 Å². The Morgan fingerprint density at radius 1 is 1.25 bits per heavy atom. The fourth-order valence-corrected chi connectivity index (χ4v) is 2.45. The molecule has 12 heavy (non-hydrogen) atoms. The van der Waals surface area contributed by atoms with Crippen molar-refractivity contribution < 1.29 is 4.21 Å². The summed E-state index contributed by atoms with van der Waals surface area (Å²) in [6.07, 6.45) is 1.52. The molecule has 0 saturated carbocycles. The third-order valence-corrected chi connectivity index (χ3v) is 3.34. The van der Waals surface area contributed by atoms with Crippen LogP contribution in [0.1, 0.15) is 0 Å². The van der Waals surface area contributed by atoms with E-state index >= 15 is 0 Å². The van der Waals surface area contributed by atoms with Crippen LogP contribution in [0.4, 0.5) is 0 Å². The van der Waals surface area contributed by atoms with Gasteiger partial charge in [-0.25, -0.2) is 0 Å². The highest BCUT2D eigenvalue weighted by Gasteiger charge is 2.09. The summed E-state index contributed by atoms with van der Waals surface area (Å²) in [5, 5.41) is 1.07. The van der Waals surface area contributed by atoms with Crippen LogP contribution in [0.2, 0.25) is 15.1 Å². The maximum absolute atomic E-state index is 11.1. The van der Waals surface area contributed by atoms with Gasteiger partial charge in [0.2, 0.25) is 0 Å². The normalized spacial score (nSPS) is 13.0. The Kier molecular flexibility index (Phi) is 3.41. The number of benzene rings is 1. The molecule has 0 amide bonds. The second-order valence-corrected chi connectivity index (χ2v) is 4.72. The molecule has 1 atom stereocenters. The number of rotatable bonds is 1. The van der Waals surface area contributed by atoms with Crippen molar-refractivity contribution in [3.63, 3.8) is 0 Å². The minimum atomic E-state index is -1.16. The molecular weight excluding hydrogens is 239 g/mol. The van der Waals surface area contributed by atoms with Gasteiger partial charge >= 0.3 is 0 Å². The smallest absolute Gasteiger partial charge is 0.0754 e. The Morgan fingerprint density at radius 2 is 1.83 bits per heavy atom. The van der Waals surface area contributed by atoms with Crippen molar-refractivity contribution in [1.29, 1.82) is 0 Å². The van der Waals surface area contributed by atoms with E-state index in [0.717, 1.165) is 0 Å². The molecule has 0 fully saturated rings. The van der Waals surface area contributed by atoms with Crippen LogP contribution in [0.3, 0.4) is 0 Å². The van der Waals surface area contributed by atoms with Crippen LogP contribution < -0.4 is 0 Å². The van der Waals surface area contributed by atoms with E-state index in [9.17, 15) is 4.21 Å². The lowest BCUT2D eigenvalue weighted by Gasteiger charge is -2.02. The highest BCUT2D eigenvalue weighted by atomic mass is 35.5. The molecule has 0 heterocycles. The molecule has 0 aliphatic rings. The molecule has 0 spiro atoms. The first-order chi connectivity index (χ1) is 5.52.